The number of carbonyl (C=O) groups is 1. The molecular formula is C13H17ClN2O2. The Hall–Kier alpha value is -1.26. The van der Waals surface area contributed by atoms with E-state index in [9.17, 15) is 4.79 Å². The second kappa shape index (κ2) is 6.61. The molecule has 18 heavy (non-hydrogen) atoms. The number of hydrogen-bond donors (Lipinski definition) is 2. The van der Waals surface area contributed by atoms with Gasteiger partial charge in [-0.05, 0) is 50.0 Å². The van der Waals surface area contributed by atoms with E-state index in [1.54, 1.807) is 24.3 Å². The minimum Gasteiger partial charge on any atom is -0.449 e. The van der Waals surface area contributed by atoms with Crippen LogP contribution in [0.5, 0.6) is 0 Å². The van der Waals surface area contributed by atoms with Gasteiger partial charge in [0.1, 0.15) is 0 Å². The second-order valence-corrected chi connectivity index (χ2v) is 4.86. The van der Waals surface area contributed by atoms with E-state index in [2.05, 4.69) is 10.6 Å². The molecule has 2 N–H and O–H groups in total. The number of piperidine rings is 1. The van der Waals surface area contributed by atoms with Gasteiger partial charge < -0.3 is 10.1 Å². The Balaban J connectivity index is 1.74. The highest BCUT2D eigenvalue weighted by Crippen LogP contribution is 2.16. The number of benzene rings is 1. The summed E-state index contributed by atoms with van der Waals surface area (Å²) >= 11 is 5.83. The lowest BCUT2D eigenvalue weighted by Gasteiger charge is -2.22. The lowest BCUT2D eigenvalue weighted by molar-refractivity contribution is 0.131. The van der Waals surface area contributed by atoms with Crippen LogP contribution in [0.25, 0.3) is 0 Å². The van der Waals surface area contributed by atoms with Crippen LogP contribution in [0.1, 0.15) is 12.8 Å². The van der Waals surface area contributed by atoms with Gasteiger partial charge in [-0.25, -0.2) is 4.79 Å². The molecule has 1 amide bonds. The molecule has 0 saturated carbocycles. The first-order chi connectivity index (χ1) is 8.74. The van der Waals surface area contributed by atoms with Crippen molar-refractivity contribution in [2.45, 2.75) is 12.8 Å². The maximum absolute atomic E-state index is 11.6. The van der Waals surface area contributed by atoms with Gasteiger partial charge in [0.05, 0.1) is 6.61 Å². The van der Waals surface area contributed by atoms with E-state index in [0.717, 1.165) is 25.9 Å². The molecule has 0 aromatic heterocycles. The van der Waals surface area contributed by atoms with Crippen molar-refractivity contribution in [2.24, 2.45) is 5.92 Å². The minimum absolute atomic E-state index is 0.421. The zero-order valence-corrected chi connectivity index (χ0v) is 10.9. The molecule has 0 aliphatic carbocycles. The fourth-order valence-electron chi connectivity index (χ4n) is 1.96. The van der Waals surface area contributed by atoms with E-state index < -0.39 is 6.09 Å². The number of halogens is 1. The molecule has 2 rings (SSSR count). The quantitative estimate of drug-likeness (QED) is 0.886. The number of nitrogens with one attached hydrogen (secondary N) is 2. The molecule has 1 aromatic carbocycles. The molecule has 5 heteroatoms. The van der Waals surface area contributed by atoms with Crippen LogP contribution < -0.4 is 10.6 Å². The van der Waals surface area contributed by atoms with Crippen LogP contribution in [0.3, 0.4) is 0 Å². The summed E-state index contributed by atoms with van der Waals surface area (Å²) in [6, 6.07) is 7.00. The SMILES string of the molecule is O=C(Nc1cccc(Cl)c1)OCC1CCNCC1. The predicted molar refractivity (Wildman–Crippen MR) is 72.0 cm³/mol. The van der Waals surface area contributed by atoms with E-state index in [1.807, 2.05) is 0 Å². The van der Waals surface area contributed by atoms with Gasteiger partial charge in [-0.15, -0.1) is 0 Å². The van der Waals surface area contributed by atoms with Gasteiger partial charge >= 0.3 is 6.09 Å². The smallest absolute Gasteiger partial charge is 0.411 e. The van der Waals surface area contributed by atoms with Crippen LogP contribution in [0, 0.1) is 5.92 Å². The first-order valence-corrected chi connectivity index (χ1v) is 6.52. The van der Waals surface area contributed by atoms with Crippen molar-refractivity contribution >= 4 is 23.4 Å². The van der Waals surface area contributed by atoms with Crippen molar-refractivity contribution in [1.82, 2.24) is 5.32 Å². The molecule has 0 bridgehead atoms. The Kier molecular flexibility index (Phi) is 4.84. The Bertz CT molecular complexity index is 406. The highest BCUT2D eigenvalue weighted by Gasteiger charge is 2.15. The molecular weight excluding hydrogens is 252 g/mol. The average molecular weight is 269 g/mol. The fourth-order valence-corrected chi connectivity index (χ4v) is 2.15. The normalized spacial score (nSPS) is 16.3. The van der Waals surface area contributed by atoms with Gasteiger partial charge in [0.25, 0.3) is 0 Å². The summed E-state index contributed by atoms with van der Waals surface area (Å²) in [6.07, 6.45) is 1.70. The van der Waals surface area contributed by atoms with Crippen molar-refractivity contribution in [3.05, 3.63) is 29.3 Å². The van der Waals surface area contributed by atoms with Gasteiger partial charge in [0.15, 0.2) is 0 Å². The van der Waals surface area contributed by atoms with Crippen molar-refractivity contribution in [1.29, 1.82) is 0 Å². The van der Waals surface area contributed by atoms with E-state index in [4.69, 9.17) is 16.3 Å². The molecule has 0 unspecified atom stereocenters. The molecule has 4 nitrogen and oxygen atoms in total. The summed E-state index contributed by atoms with van der Waals surface area (Å²) in [5.74, 6) is 0.469. The minimum atomic E-state index is -0.421. The lowest BCUT2D eigenvalue weighted by Crippen LogP contribution is -2.31. The van der Waals surface area contributed by atoms with Gasteiger partial charge in [-0.2, -0.15) is 0 Å². The maximum Gasteiger partial charge on any atom is 0.411 e. The average Bonchev–Trinajstić information content (AvgIpc) is 2.38. The molecule has 0 radical (unpaired) electrons. The van der Waals surface area contributed by atoms with Crippen molar-refractivity contribution in [3.8, 4) is 0 Å². The summed E-state index contributed by atoms with van der Waals surface area (Å²) in [4.78, 5) is 11.6. The second-order valence-electron chi connectivity index (χ2n) is 4.43. The summed E-state index contributed by atoms with van der Waals surface area (Å²) in [6.45, 7) is 2.49. The number of anilines is 1. The number of hydrogen-bond acceptors (Lipinski definition) is 3. The standard InChI is InChI=1S/C13H17ClN2O2/c14-11-2-1-3-12(8-11)16-13(17)18-9-10-4-6-15-7-5-10/h1-3,8,10,15H,4-7,9H2,(H,16,17). The third kappa shape index (κ3) is 4.20. The topological polar surface area (TPSA) is 50.4 Å². The van der Waals surface area contributed by atoms with Crippen LogP contribution in [0.2, 0.25) is 5.02 Å². The zero-order valence-electron chi connectivity index (χ0n) is 10.1. The van der Waals surface area contributed by atoms with E-state index in [1.165, 1.54) is 0 Å². The maximum atomic E-state index is 11.6. The highest BCUT2D eigenvalue weighted by atomic mass is 35.5. The number of carbonyl (C=O) groups excluding carboxylic acids is 1. The summed E-state index contributed by atoms with van der Waals surface area (Å²) < 4.78 is 5.20. The Labute approximate surface area is 112 Å². The van der Waals surface area contributed by atoms with Gasteiger partial charge in [-0.3, -0.25) is 5.32 Å². The van der Waals surface area contributed by atoms with Crippen LogP contribution in [0.4, 0.5) is 10.5 Å². The molecule has 98 valence electrons. The lowest BCUT2D eigenvalue weighted by atomic mass is 9.99. The number of ether oxygens (including phenoxy) is 1. The van der Waals surface area contributed by atoms with Crippen molar-refractivity contribution in [2.75, 3.05) is 25.0 Å². The highest BCUT2D eigenvalue weighted by molar-refractivity contribution is 6.30. The Morgan fingerprint density at radius 3 is 2.94 bits per heavy atom. The fraction of sp³-hybridized carbons (Fsp3) is 0.462. The molecule has 1 saturated heterocycles. The molecule has 1 heterocycles. The Morgan fingerprint density at radius 1 is 1.44 bits per heavy atom. The van der Waals surface area contributed by atoms with E-state index in [0.29, 0.717) is 23.2 Å². The van der Waals surface area contributed by atoms with E-state index in [-0.39, 0.29) is 0 Å². The summed E-state index contributed by atoms with van der Waals surface area (Å²) in [7, 11) is 0. The molecule has 1 fully saturated rings. The first kappa shape index (κ1) is 13.2. The van der Waals surface area contributed by atoms with E-state index >= 15 is 0 Å². The summed E-state index contributed by atoms with van der Waals surface area (Å²) in [5, 5.41) is 6.53. The Morgan fingerprint density at radius 2 is 2.22 bits per heavy atom. The van der Waals surface area contributed by atoms with Gasteiger partial charge in [0.2, 0.25) is 0 Å². The summed E-state index contributed by atoms with van der Waals surface area (Å²) in [5.41, 5.74) is 0.651. The molecule has 1 aromatic rings. The van der Waals surface area contributed by atoms with Gasteiger partial charge in [-0.1, -0.05) is 17.7 Å². The zero-order chi connectivity index (χ0) is 12.8. The van der Waals surface area contributed by atoms with Crippen LogP contribution >= 0.6 is 11.6 Å². The van der Waals surface area contributed by atoms with Gasteiger partial charge in [0, 0.05) is 10.7 Å². The van der Waals surface area contributed by atoms with Crippen molar-refractivity contribution < 1.29 is 9.53 Å². The monoisotopic (exact) mass is 268 g/mol. The van der Waals surface area contributed by atoms with Crippen LogP contribution in [-0.4, -0.2) is 25.8 Å². The van der Waals surface area contributed by atoms with Crippen molar-refractivity contribution in [3.63, 3.8) is 0 Å². The predicted octanol–water partition coefficient (Wildman–Crippen LogP) is 2.89. The van der Waals surface area contributed by atoms with Crippen LogP contribution in [0.15, 0.2) is 24.3 Å². The molecule has 1 aliphatic rings. The number of amides is 1. The largest absolute Gasteiger partial charge is 0.449 e. The third-order valence-corrected chi connectivity index (χ3v) is 3.21. The molecule has 1 aliphatic heterocycles. The first-order valence-electron chi connectivity index (χ1n) is 6.14. The molecule has 0 spiro atoms. The molecule has 0 atom stereocenters. The third-order valence-electron chi connectivity index (χ3n) is 2.98. The number of rotatable bonds is 3. The van der Waals surface area contributed by atoms with Crippen LogP contribution in [-0.2, 0) is 4.74 Å².